The lowest BCUT2D eigenvalue weighted by atomic mass is 10.1. The molecule has 0 atom stereocenters. The van der Waals surface area contributed by atoms with Crippen molar-refractivity contribution in [2.45, 2.75) is 13.5 Å². The molecule has 3 aromatic rings. The number of furan rings is 1. The molecule has 0 fully saturated rings. The van der Waals surface area contributed by atoms with Gasteiger partial charge in [0.2, 0.25) is 5.91 Å². The number of carbonyl (C=O) groups is 2. The fraction of sp³-hybridized carbons (Fsp3) is 0.263. The van der Waals surface area contributed by atoms with Gasteiger partial charge in [-0.25, -0.2) is 4.79 Å². The summed E-state index contributed by atoms with van der Waals surface area (Å²) < 4.78 is 10.5. The summed E-state index contributed by atoms with van der Waals surface area (Å²) >= 11 is 2.86. The van der Waals surface area contributed by atoms with E-state index in [-0.39, 0.29) is 19.1 Å². The summed E-state index contributed by atoms with van der Waals surface area (Å²) in [6.45, 7) is 2.74. The molecule has 8 heteroatoms. The molecule has 3 aromatic heterocycles. The number of nitrogens with one attached hydrogen (secondary N) is 1. The van der Waals surface area contributed by atoms with Gasteiger partial charge < -0.3 is 14.5 Å². The second kappa shape index (κ2) is 8.98. The minimum Gasteiger partial charge on any atom is -0.468 e. The van der Waals surface area contributed by atoms with Crippen LogP contribution in [0.25, 0.3) is 10.4 Å². The monoisotopic (exact) mass is 404 g/mol. The summed E-state index contributed by atoms with van der Waals surface area (Å²) in [5.74, 6) is 0.157. The number of nitrogens with zero attached hydrogens (tertiary/aromatic N) is 1. The lowest BCUT2D eigenvalue weighted by Gasteiger charge is -2.15. The van der Waals surface area contributed by atoms with Crippen LogP contribution >= 0.6 is 22.7 Å². The molecule has 0 aromatic carbocycles. The quantitative estimate of drug-likeness (QED) is 0.566. The van der Waals surface area contributed by atoms with Crippen LogP contribution < -0.4 is 5.32 Å². The van der Waals surface area contributed by atoms with E-state index < -0.39 is 5.97 Å². The van der Waals surface area contributed by atoms with Crippen molar-refractivity contribution < 1.29 is 18.7 Å². The molecular weight excluding hydrogens is 384 g/mol. The zero-order valence-corrected chi connectivity index (χ0v) is 16.7. The summed E-state index contributed by atoms with van der Waals surface area (Å²) in [6, 6.07) is 7.54. The number of rotatable bonds is 8. The molecule has 0 aliphatic rings. The molecular formula is C19H20N2O4S2. The van der Waals surface area contributed by atoms with Crippen molar-refractivity contribution in [1.82, 2.24) is 4.90 Å². The van der Waals surface area contributed by atoms with Gasteiger partial charge in [-0.1, -0.05) is 6.07 Å². The number of amides is 1. The average molecular weight is 405 g/mol. The fourth-order valence-electron chi connectivity index (χ4n) is 2.60. The zero-order chi connectivity index (χ0) is 19.2. The fourth-order valence-corrected chi connectivity index (χ4v) is 4.39. The van der Waals surface area contributed by atoms with Crippen molar-refractivity contribution in [3.05, 3.63) is 52.6 Å². The van der Waals surface area contributed by atoms with Crippen LogP contribution in [0.5, 0.6) is 0 Å². The smallest absolute Gasteiger partial charge is 0.341 e. The number of esters is 1. The molecule has 6 nitrogen and oxygen atoms in total. The molecule has 0 aliphatic heterocycles. The first kappa shape index (κ1) is 19.3. The SMILES string of the molecule is CCOC(=O)c1c(-c2cccs2)csc1NC(=O)CN(C)Cc1ccco1. The highest BCUT2D eigenvalue weighted by atomic mass is 32.1. The van der Waals surface area contributed by atoms with Gasteiger partial charge in [-0.15, -0.1) is 22.7 Å². The topological polar surface area (TPSA) is 71.8 Å². The first-order valence-corrected chi connectivity index (χ1v) is 10.2. The third-order valence-corrected chi connectivity index (χ3v) is 5.53. The van der Waals surface area contributed by atoms with Crippen molar-refractivity contribution in [3.63, 3.8) is 0 Å². The molecule has 0 aliphatic carbocycles. The van der Waals surface area contributed by atoms with Crippen LogP contribution in [0, 0.1) is 0 Å². The van der Waals surface area contributed by atoms with E-state index in [0.29, 0.717) is 17.1 Å². The van der Waals surface area contributed by atoms with E-state index in [1.165, 1.54) is 22.7 Å². The van der Waals surface area contributed by atoms with E-state index in [1.54, 1.807) is 13.2 Å². The molecule has 0 unspecified atom stereocenters. The molecule has 3 heterocycles. The van der Waals surface area contributed by atoms with Crippen molar-refractivity contribution in [2.75, 3.05) is 25.5 Å². The Morgan fingerprint density at radius 1 is 1.26 bits per heavy atom. The number of anilines is 1. The summed E-state index contributed by atoms with van der Waals surface area (Å²) in [5.41, 5.74) is 1.19. The number of hydrogen-bond donors (Lipinski definition) is 1. The summed E-state index contributed by atoms with van der Waals surface area (Å²) in [5, 5.41) is 7.18. The third kappa shape index (κ3) is 4.85. The number of thiophene rings is 2. The predicted octanol–water partition coefficient (Wildman–Crippen LogP) is 4.32. The van der Waals surface area contributed by atoms with E-state index in [0.717, 1.165) is 16.2 Å². The Morgan fingerprint density at radius 3 is 2.78 bits per heavy atom. The van der Waals surface area contributed by atoms with Crippen molar-refractivity contribution >= 4 is 39.6 Å². The van der Waals surface area contributed by atoms with Crippen LogP contribution in [0.15, 0.2) is 45.7 Å². The molecule has 27 heavy (non-hydrogen) atoms. The normalized spacial score (nSPS) is 10.9. The molecule has 1 amide bonds. The second-order valence-corrected chi connectivity index (χ2v) is 7.68. The van der Waals surface area contributed by atoms with Gasteiger partial charge in [0.15, 0.2) is 0 Å². The van der Waals surface area contributed by atoms with E-state index in [2.05, 4.69) is 5.32 Å². The number of likely N-dealkylation sites (N-methyl/N-ethyl adjacent to an activating group) is 1. The Kier molecular flexibility index (Phi) is 6.44. The maximum Gasteiger partial charge on any atom is 0.341 e. The average Bonchev–Trinajstić information content (AvgIpc) is 3.36. The molecule has 0 saturated heterocycles. The largest absolute Gasteiger partial charge is 0.468 e. The van der Waals surface area contributed by atoms with Crippen molar-refractivity contribution in [3.8, 4) is 10.4 Å². The molecule has 0 saturated carbocycles. The molecule has 3 rings (SSSR count). The van der Waals surface area contributed by atoms with Gasteiger partial charge in [0.25, 0.3) is 0 Å². The van der Waals surface area contributed by atoms with Gasteiger partial charge in [-0.3, -0.25) is 9.69 Å². The zero-order valence-electron chi connectivity index (χ0n) is 15.1. The van der Waals surface area contributed by atoms with E-state index in [4.69, 9.17) is 9.15 Å². The van der Waals surface area contributed by atoms with Crippen LogP contribution in [0.3, 0.4) is 0 Å². The van der Waals surface area contributed by atoms with Crippen LogP contribution in [-0.4, -0.2) is 37.0 Å². The summed E-state index contributed by atoms with van der Waals surface area (Å²) in [4.78, 5) is 27.7. The van der Waals surface area contributed by atoms with Gasteiger partial charge in [-0.05, 0) is 37.6 Å². The van der Waals surface area contributed by atoms with Crippen LogP contribution in [-0.2, 0) is 16.1 Å². The molecule has 0 radical (unpaired) electrons. The standard InChI is InChI=1S/C19H20N2O4S2/c1-3-24-19(23)17-14(15-7-5-9-26-15)12-27-18(17)20-16(22)11-21(2)10-13-6-4-8-25-13/h4-9,12H,3,10-11H2,1-2H3,(H,20,22). The number of ether oxygens (including phenoxy) is 1. The van der Waals surface area contributed by atoms with E-state index in [9.17, 15) is 9.59 Å². The Morgan fingerprint density at radius 2 is 2.11 bits per heavy atom. The van der Waals surface area contributed by atoms with Gasteiger partial charge in [0.05, 0.1) is 26.0 Å². The van der Waals surface area contributed by atoms with Crippen LogP contribution in [0.4, 0.5) is 5.00 Å². The lowest BCUT2D eigenvalue weighted by molar-refractivity contribution is -0.117. The Labute approximate surface area is 165 Å². The lowest BCUT2D eigenvalue weighted by Crippen LogP contribution is -2.30. The molecule has 0 bridgehead atoms. The Balaban J connectivity index is 1.73. The highest BCUT2D eigenvalue weighted by Crippen LogP contribution is 2.38. The predicted molar refractivity (Wildman–Crippen MR) is 107 cm³/mol. The van der Waals surface area contributed by atoms with Crippen LogP contribution in [0.1, 0.15) is 23.0 Å². The molecule has 1 N–H and O–H groups in total. The molecule has 0 spiro atoms. The first-order valence-electron chi connectivity index (χ1n) is 8.41. The van der Waals surface area contributed by atoms with Crippen LogP contribution in [0.2, 0.25) is 0 Å². The minimum absolute atomic E-state index is 0.176. The van der Waals surface area contributed by atoms with E-state index in [1.807, 2.05) is 47.0 Å². The van der Waals surface area contributed by atoms with Gasteiger partial charge >= 0.3 is 5.97 Å². The van der Waals surface area contributed by atoms with E-state index >= 15 is 0 Å². The highest BCUT2D eigenvalue weighted by molar-refractivity contribution is 7.17. The maximum absolute atomic E-state index is 12.5. The second-order valence-electron chi connectivity index (χ2n) is 5.85. The number of hydrogen-bond acceptors (Lipinski definition) is 7. The van der Waals surface area contributed by atoms with Gasteiger partial charge in [-0.2, -0.15) is 0 Å². The summed E-state index contributed by atoms with van der Waals surface area (Å²) in [7, 11) is 1.83. The first-order chi connectivity index (χ1) is 13.1. The maximum atomic E-state index is 12.5. The highest BCUT2D eigenvalue weighted by Gasteiger charge is 2.23. The van der Waals surface area contributed by atoms with Crippen molar-refractivity contribution in [1.29, 1.82) is 0 Å². The number of carbonyl (C=O) groups excluding carboxylic acids is 2. The third-order valence-electron chi connectivity index (χ3n) is 3.73. The van der Waals surface area contributed by atoms with Gasteiger partial charge in [0.1, 0.15) is 16.3 Å². The summed E-state index contributed by atoms with van der Waals surface area (Å²) in [6.07, 6.45) is 1.60. The van der Waals surface area contributed by atoms with Gasteiger partial charge in [0, 0.05) is 15.8 Å². The Bertz CT molecular complexity index is 885. The minimum atomic E-state index is -0.429. The molecule has 142 valence electrons. The Hall–Kier alpha value is -2.42. The van der Waals surface area contributed by atoms with Crippen molar-refractivity contribution in [2.24, 2.45) is 0 Å².